The van der Waals surface area contributed by atoms with E-state index < -0.39 is 28.0 Å². The number of ether oxygens (including phenoxy) is 1. The minimum absolute atomic E-state index is 0.0395. The number of sulfonamides is 1. The summed E-state index contributed by atoms with van der Waals surface area (Å²) in [6.07, 6.45) is 1.99. The highest BCUT2D eigenvalue weighted by atomic mass is 32.2. The maximum Gasteiger partial charge on any atom is 0.322 e. The number of carbonyl (C=O) groups is 1. The first kappa shape index (κ1) is 18.6. The lowest BCUT2D eigenvalue weighted by Crippen LogP contribution is -2.47. The first-order valence-corrected chi connectivity index (χ1v) is 10.3. The number of methoxy groups -OCH3 is 1. The topological polar surface area (TPSA) is 83.9 Å². The molecule has 1 aliphatic rings. The summed E-state index contributed by atoms with van der Waals surface area (Å²) in [5, 5.41) is 11.7. The number of carboxylic acids is 1. The molecule has 2 aromatic rings. The van der Waals surface area contributed by atoms with Crippen LogP contribution in [0, 0.1) is 0 Å². The second-order valence-corrected chi connectivity index (χ2v) is 8.78. The molecular formula is C18H19NO5S2. The van der Waals surface area contributed by atoms with Crippen LogP contribution < -0.4 is 4.74 Å². The van der Waals surface area contributed by atoms with Crippen molar-refractivity contribution in [2.24, 2.45) is 0 Å². The molecule has 138 valence electrons. The molecule has 0 spiro atoms. The molecule has 2 atom stereocenters. The van der Waals surface area contributed by atoms with E-state index >= 15 is 0 Å². The summed E-state index contributed by atoms with van der Waals surface area (Å²) < 4.78 is 32.5. The zero-order chi connectivity index (χ0) is 18.9. The number of hydrogen-bond donors (Lipinski definition) is 1. The molecule has 1 N–H and O–H groups in total. The molecule has 26 heavy (non-hydrogen) atoms. The Bertz CT molecular complexity index is 917. The Morgan fingerprint density at radius 1 is 1.35 bits per heavy atom. The van der Waals surface area contributed by atoms with Crippen LogP contribution in [-0.2, 0) is 21.2 Å². The number of aliphatic carboxylic acids is 1. The number of thiophene rings is 1. The van der Waals surface area contributed by atoms with E-state index in [2.05, 4.69) is 6.58 Å². The zero-order valence-electron chi connectivity index (χ0n) is 14.2. The number of nitrogens with zero attached hydrogens (tertiary/aromatic N) is 1. The molecule has 0 amide bonds. The quantitative estimate of drug-likeness (QED) is 0.790. The van der Waals surface area contributed by atoms with Crippen molar-refractivity contribution >= 4 is 27.3 Å². The third kappa shape index (κ3) is 3.15. The summed E-state index contributed by atoms with van der Waals surface area (Å²) in [7, 11) is -2.50. The lowest BCUT2D eigenvalue weighted by molar-refractivity contribution is -0.141. The molecular weight excluding hydrogens is 374 g/mol. The third-order valence-corrected chi connectivity index (χ3v) is 7.41. The van der Waals surface area contributed by atoms with Crippen molar-refractivity contribution in [3.05, 3.63) is 58.8 Å². The number of fused-ring (bicyclic) bond motifs is 1. The van der Waals surface area contributed by atoms with Crippen LogP contribution >= 0.6 is 11.3 Å². The van der Waals surface area contributed by atoms with Crippen LogP contribution in [0.2, 0.25) is 0 Å². The van der Waals surface area contributed by atoms with Crippen LogP contribution in [0.3, 0.4) is 0 Å². The van der Waals surface area contributed by atoms with Crippen LogP contribution in [0.5, 0.6) is 5.75 Å². The molecule has 1 aromatic carbocycles. The van der Waals surface area contributed by atoms with Crippen molar-refractivity contribution in [1.82, 2.24) is 4.31 Å². The van der Waals surface area contributed by atoms with Crippen LogP contribution in [0.25, 0.3) is 0 Å². The normalized spacial score (nSPS) is 20.8. The standard InChI is InChI=1S/C18H19NO5S2/c1-3-14-15-9-11-25-16(15)8-10-19(17(14)18(20)21)26(22,23)13-6-4-12(24-2)5-7-13/h3-7,9,11,14,17H,1,8,10H2,2H3,(H,20,21)/t14-,17-/m1/s1. The fourth-order valence-electron chi connectivity index (χ4n) is 3.24. The molecule has 0 saturated carbocycles. The Morgan fingerprint density at radius 2 is 2.04 bits per heavy atom. The Labute approximate surface area is 156 Å². The van der Waals surface area contributed by atoms with Crippen LogP contribution in [0.1, 0.15) is 16.4 Å². The number of rotatable bonds is 5. The van der Waals surface area contributed by atoms with Gasteiger partial charge < -0.3 is 9.84 Å². The molecule has 1 aliphatic heterocycles. The van der Waals surface area contributed by atoms with Gasteiger partial charge in [0.15, 0.2) is 0 Å². The molecule has 3 rings (SSSR count). The maximum atomic E-state index is 13.2. The van der Waals surface area contributed by atoms with Gasteiger partial charge in [0.2, 0.25) is 10.0 Å². The fourth-order valence-corrected chi connectivity index (χ4v) is 5.77. The smallest absolute Gasteiger partial charge is 0.322 e. The van der Waals surface area contributed by atoms with Crippen LogP contribution in [0.15, 0.2) is 53.3 Å². The van der Waals surface area contributed by atoms with Gasteiger partial charge in [0, 0.05) is 17.3 Å². The molecule has 0 aliphatic carbocycles. The van der Waals surface area contributed by atoms with Gasteiger partial charge in [-0.2, -0.15) is 4.31 Å². The van der Waals surface area contributed by atoms with Crippen molar-refractivity contribution in [2.75, 3.05) is 13.7 Å². The van der Waals surface area contributed by atoms with Gasteiger partial charge in [0.25, 0.3) is 0 Å². The molecule has 0 unspecified atom stereocenters. The summed E-state index contributed by atoms with van der Waals surface area (Å²) >= 11 is 1.51. The number of carboxylic acid groups (broad SMARTS) is 1. The van der Waals surface area contributed by atoms with Gasteiger partial charge in [0.05, 0.1) is 12.0 Å². The van der Waals surface area contributed by atoms with E-state index in [1.165, 1.54) is 36.7 Å². The highest BCUT2D eigenvalue weighted by Crippen LogP contribution is 2.37. The second-order valence-electron chi connectivity index (χ2n) is 5.88. The monoisotopic (exact) mass is 393 g/mol. The molecule has 8 heteroatoms. The summed E-state index contributed by atoms with van der Waals surface area (Å²) in [5.74, 6) is -1.27. The maximum absolute atomic E-state index is 13.2. The van der Waals surface area contributed by atoms with Gasteiger partial charge in [-0.25, -0.2) is 8.42 Å². The minimum Gasteiger partial charge on any atom is -0.497 e. The largest absolute Gasteiger partial charge is 0.497 e. The Kier molecular flexibility index (Phi) is 5.17. The van der Waals surface area contributed by atoms with Gasteiger partial charge in [-0.05, 0) is 47.7 Å². The fraction of sp³-hybridized carbons (Fsp3) is 0.278. The van der Waals surface area contributed by atoms with E-state index in [-0.39, 0.29) is 11.4 Å². The van der Waals surface area contributed by atoms with Crippen molar-refractivity contribution in [3.63, 3.8) is 0 Å². The lowest BCUT2D eigenvalue weighted by Gasteiger charge is -2.30. The highest BCUT2D eigenvalue weighted by molar-refractivity contribution is 7.89. The van der Waals surface area contributed by atoms with Gasteiger partial charge in [-0.1, -0.05) is 6.08 Å². The minimum atomic E-state index is -3.99. The van der Waals surface area contributed by atoms with E-state index in [0.29, 0.717) is 12.2 Å². The zero-order valence-corrected chi connectivity index (χ0v) is 15.8. The number of hydrogen-bond acceptors (Lipinski definition) is 5. The van der Waals surface area contributed by atoms with Gasteiger partial charge in [-0.15, -0.1) is 17.9 Å². The van der Waals surface area contributed by atoms with E-state index in [0.717, 1.165) is 14.7 Å². The average molecular weight is 393 g/mol. The average Bonchev–Trinajstić information content (AvgIpc) is 3.02. The van der Waals surface area contributed by atoms with Gasteiger partial charge in [0.1, 0.15) is 11.8 Å². The van der Waals surface area contributed by atoms with Gasteiger partial charge in [-0.3, -0.25) is 4.79 Å². The molecule has 0 fully saturated rings. The summed E-state index contributed by atoms with van der Waals surface area (Å²) in [6, 6.07) is 6.55. The Balaban J connectivity index is 2.08. The predicted molar refractivity (Wildman–Crippen MR) is 99.3 cm³/mol. The number of benzene rings is 1. The van der Waals surface area contributed by atoms with Crippen molar-refractivity contribution in [3.8, 4) is 5.75 Å². The SMILES string of the molecule is C=C[C@@H]1c2ccsc2CCN(S(=O)(=O)c2ccc(OC)cc2)[C@H]1C(=O)O. The Morgan fingerprint density at radius 3 is 2.62 bits per heavy atom. The second kappa shape index (κ2) is 7.22. The molecule has 2 heterocycles. The lowest BCUT2D eigenvalue weighted by atomic mass is 9.93. The summed E-state index contributed by atoms with van der Waals surface area (Å²) in [5.41, 5.74) is 0.838. The molecule has 0 bridgehead atoms. The van der Waals surface area contributed by atoms with E-state index in [4.69, 9.17) is 4.74 Å². The molecule has 0 radical (unpaired) electrons. The molecule has 1 aromatic heterocycles. The van der Waals surface area contributed by atoms with Gasteiger partial charge >= 0.3 is 5.97 Å². The highest BCUT2D eigenvalue weighted by Gasteiger charge is 2.43. The van der Waals surface area contributed by atoms with Crippen LogP contribution in [0.4, 0.5) is 0 Å². The van der Waals surface area contributed by atoms with Crippen molar-refractivity contribution < 1.29 is 23.1 Å². The molecule has 6 nitrogen and oxygen atoms in total. The first-order valence-electron chi connectivity index (χ1n) is 7.97. The summed E-state index contributed by atoms with van der Waals surface area (Å²) in [6.45, 7) is 3.85. The first-order chi connectivity index (χ1) is 12.4. The van der Waals surface area contributed by atoms with Crippen LogP contribution in [-0.4, -0.2) is 43.5 Å². The van der Waals surface area contributed by atoms with Crippen molar-refractivity contribution in [2.45, 2.75) is 23.3 Å². The van der Waals surface area contributed by atoms with E-state index in [1.54, 1.807) is 12.1 Å². The van der Waals surface area contributed by atoms with Crippen molar-refractivity contribution in [1.29, 1.82) is 0 Å². The van der Waals surface area contributed by atoms with E-state index in [1.807, 2.05) is 11.4 Å². The predicted octanol–water partition coefficient (Wildman–Crippen LogP) is 2.73. The molecule has 0 saturated heterocycles. The van der Waals surface area contributed by atoms with E-state index in [9.17, 15) is 18.3 Å². The third-order valence-electron chi connectivity index (χ3n) is 4.52. The Hall–Kier alpha value is -2.16. The summed E-state index contributed by atoms with van der Waals surface area (Å²) in [4.78, 5) is 13.1.